The smallest absolute Gasteiger partial charge is 0.338 e. The van der Waals surface area contributed by atoms with Crippen LogP contribution in [0.5, 0.6) is 0 Å². The Bertz CT molecular complexity index is 422. The van der Waals surface area contributed by atoms with Gasteiger partial charge in [0.2, 0.25) is 0 Å². The van der Waals surface area contributed by atoms with Gasteiger partial charge < -0.3 is 9.84 Å². The minimum Gasteiger partial charge on any atom is -0.478 e. The lowest BCUT2D eigenvalue weighted by Crippen LogP contribution is -2.35. The molecular formula is C13H18N2O3. The van der Waals surface area contributed by atoms with Crippen LogP contribution in [0.2, 0.25) is 0 Å². The summed E-state index contributed by atoms with van der Waals surface area (Å²) in [6.45, 7) is 2.23. The summed E-state index contributed by atoms with van der Waals surface area (Å²) >= 11 is 0. The molecule has 0 saturated heterocycles. The van der Waals surface area contributed by atoms with Gasteiger partial charge in [0.25, 0.3) is 0 Å². The van der Waals surface area contributed by atoms with Crippen LogP contribution in [-0.2, 0) is 10.3 Å². The Labute approximate surface area is 106 Å². The molecule has 18 heavy (non-hydrogen) atoms. The topological polar surface area (TPSA) is 72.3 Å². The highest BCUT2D eigenvalue weighted by atomic mass is 16.5. The van der Waals surface area contributed by atoms with Crippen molar-refractivity contribution in [2.24, 2.45) is 5.92 Å². The van der Waals surface area contributed by atoms with Gasteiger partial charge >= 0.3 is 5.97 Å². The second-order valence-electron chi connectivity index (χ2n) is 4.98. The molecule has 5 nitrogen and oxygen atoms in total. The van der Waals surface area contributed by atoms with Crippen LogP contribution in [0, 0.1) is 5.92 Å². The Morgan fingerprint density at radius 3 is 2.39 bits per heavy atom. The van der Waals surface area contributed by atoms with Crippen LogP contribution in [0.15, 0.2) is 12.4 Å². The molecule has 2 rings (SSSR count). The third kappa shape index (κ3) is 2.36. The molecule has 1 aromatic rings. The number of hydrogen-bond acceptors (Lipinski definition) is 4. The molecule has 5 heteroatoms. The summed E-state index contributed by atoms with van der Waals surface area (Å²) in [6.07, 6.45) is 6.64. The number of aromatic nitrogens is 2. The third-order valence-corrected chi connectivity index (χ3v) is 3.78. The maximum Gasteiger partial charge on any atom is 0.338 e. The van der Waals surface area contributed by atoms with Crippen molar-refractivity contribution in [1.29, 1.82) is 0 Å². The van der Waals surface area contributed by atoms with Crippen molar-refractivity contribution in [2.75, 3.05) is 7.11 Å². The highest BCUT2D eigenvalue weighted by molar-refractivity contribution is 5.86. The number of carboxylic acid groups (broad SMARTS) is 1. The van der Waals surface area contributed by atoms with Gasteiger partial charge in [0.1, 0.15) is 5.60 Å². The Balaban J connectivity index is 2.24. The van der Waals surface area contributed by atoms with E-state index >= 15 is 0 Å². The van der Waals surface area contributed by atoms with Crippen molar-refractivity contribution in [3.8, 4) is 0 Å². The summed E-state index contributed by atoms with van der Waals surface area (Å²) in [4.78, 5) is 19.1. The fourth-order valence-corrected chi connectivity index (χ4v) is 2.42. The number of carbonyl (C=O) groups is 1. The first-order chi connectivity index (χ1) is 8.57. The zero-order valence-corrected chi connectivity index (χ0v) is 10.7. The molecule has 1 fully saturated rings. The van der Waals surface area contributed by atoms with E-state index in [-0.39, 0.29) is 5.56 Å². The fourth-order valence-electron chi connectivity index (χ4n) is 2.42. The Kier molecular flexibility index (Phi) is 3.61. The van der Waals surface area contributed by atoms with Crippen molar-refractivity contribution in [2.45, 2.75) is 38.2 Å². The molecule has 0 unspecified atom stereocenters. The molecule has 1 aliphatic rings. The number of rotatable bonds is 3. The summed E-state index contributed by atoms with van der Waals surface area (Å²) in [5, 5.41) is 8.83. The van der Waals surface area contributed by atoms with E-state index in [1.54, 1.807) is 7.11 Å². The minimum atomic E-state index is -1.01. The normalized spacial score (nSPS) is 28.0. The van der Waals surface area contributed by atoms with E-state index in [1.165, 1.54) is 12.4 Å². The molecule has 0 bridgehead atoms. The van der Waals surface area contributed by atoms with E-state index in [0.717, 1.165) is 25.7 Å². The number of nitrogens with zero attached hydrogens (tertiary/aromatic N) is 2. The van der Waals surface area contributed by atoms with Crippen LogP contribution in [0.4, 0.5) is 0 Å². The van der Waals surface area contributed by atoms with E-state index < -0.39 is 11.6 Å². The van der Waals surface area contributed by atoms with Gasteiger partial charge in [-0.3, -0.25) is 0 Å². The van der Waals surface area contributed by atoms with Gasteiger partial charge in [-0.15, -0.1) is 0 Å². The molecule has 1 N–H and O–H groups in total. The Hall–Kier alpha value is -1.49. The molecular weight excluding hydrogens is 232 g/mol. The summed E-state index contributed by atoms with van der Waals surface area (Å²) in [5.41, 5.74) is -0.335. The van der Waals surface area contributed by atoms with Gasteiger partial charge in [0.15, 0.2) is 5.82 Å². The number of ether oxygens (including phenoxy) is 1. The van der Waals surface area contributed by atoms with E-state index in [2.05, 4.69) is 16.9 Å². The van der Waals surface area contributed by atoms with E-state index in [0.29, 0.717) is 11.7 Å². The first-order valence-electron chi connectivity index (χ1n) is 6.18. The second-order valence-corrected chi connectivity index (χ2v) is 4.98. The fraction of sp³-hybridized carbons (Fsp3) is 0.615. The zero-order valence-electron chi connectivity index (χ0n) is 10.7. The van der Waals surface area contributed by atoms with E-state index in [4.69, 9.17) is 9.84 Å². The second kappa shape index (κ2) is 5.02. The van der Waals surface area contributed by atoms with Crippen LogP contribution >= 0.6 is 0 Å². The molecule has 1 aliphatic carbocycles. The summed E-state index contributed by atoms with van der Waals surface area (Å²) < 4.78 is 5.64. The number of hydrogen-bond donors (Lipinski definition) is 1. The maximum atomic E-state index is 10.8. The van der Waals surface area contributed by atoms with Gasteiger partial charge in [-0.2, -0.15) is 0 Å². The van der Waals surface area contributed by atoms with Crippen LogP contribution < -0.4 is 0 Å². The van der Waals surface area contributed by atoms with Crippen molar-refractivity contribution in [3.63, 3.8) is 0 Å². The average Bonchev–Trinajstić information content (AvgIpc) is 2.40. The quantitative estimate of drug-likeness (QED) is 0.890. The number of methoxy groups -OCH3 is 1. The largest absolute Gasteiger partial charge is 0.478 e. The molecule has 0 spiro atoms. The molecule has 1 saturated carbocycles. The van der Waals surface area contributed by atoms with Crippen LogP contribution in [-0.4, -0.2) is 28.2 Å². The Morgan fingerprint density at radius 2 is 1.94 bits per heavy atom. The van der Waals surface area contributed by atoms with Gasteiger partial charge in [-0.1, -0.05) is 6.92 Å². The van der Waals surface area contributed by atoms with Crippen LogP contribution in [0.25, 0.3) is 0 Å². The zero-order chi connectivity index (χ0) is 13.2. The predicted molar refractivity (Wildman–Crippen MR) is 65.3 cm³/mol. The molecule has 98 valence electrons. The van der Waals surface area contributed by atoms with Gasteiger partial charge in [-0.25, -0.2) is 14.8 Å². The number of aromatic carboxylic acids is 1. The lowest BCUT2D eigenvalue weighted by atomic mass is 9.79. The van der Waals surface area contributed by atoms with Crippen LogP contribution in [0.1, 0.15) is 48.8 Å². The first kappa shape index (κ1) is 13.0. The first-order valence-corrected chi connectivity index (χ1v) is 6.18. The monoisotopic (exact) mass is 250 g/mol. The predicted octanol–water partition coefficient (Wildman–Crippen LogP) is 2.23. The summed E-state index contributed by atoms with van der Waals surface area (Å²) in [7, 11) is 1.67. The maximum absolute atomic E-state index is 10.8. The lowest BCUT2D eigenvalue weighted by molar-refractivity contribution is -0.0597. The Morgan fingerprint density at radius 1 is 1.39 bits per heavy atom. The van der Waals surface area contributed by atoms with Gasteiger partial charge in [0, 0.05) is 19.5 Å². The molecule has 0 aromatic carbocycles. The van der Waals surface area contributed by atoms with E-state index in [1.807, 2.05) is 0 Å². The van der Waals surface area contributed by atoms with Crippen LogP contribution in [0.3, 0.4) is 0 Å². The van der Waals surface area contributed by atoms with Gasteiger partial charge in [0.05, 0.1) is 5.56 Å². The lowest BCUT2D eigenvalue weighted by Gasteiger charge is -2.36. The minimum absolute atomic E-state index is 0.106. The van der Waals surface area contributed by atoms with Crippen molar-refractivity contribution in [1.82, 2.24) is 9.97 Å². The SMILES string of the molecule is COC1(c2ncc(C(=O)O)cn2)CCC(C)CC1. The third-order valence-electron chi connectivity index (χ3n) is 3.78. The molecule has 0 aliphatic heterocycles. The highest BCUT2D eigenvalue weighted by Gasteiger charge is 2.38. The van der Waals surface area contributed by atoms with Crippen molar-refractivity contribution in [3.05, 3.63) is 23.8 Å². The molecule has 0 atom stereocenters. The van der Waals surface area contributed by atoms with E-state index in [9.17, 15) is 4.79 Å². The summed E-state index contributed by atoms with van der Waals surface area (Å²) in [5.74, 6) is 0.291. The molecule has 0 radical (unpaired) electrons. The van der Waals surface area contributed by atoms with Crippen molar-refractivity contribution >= 4 is 5.97 Å². The molecule has 1 aromatic heterocycles. The number of carboxylic acids is 1. The van der Waals surface area contributed by atoms with Crippen molar-refractivity contribution < 1.29 is 14.6 Å². The highest BCUT2D eigenvalue weighted by Crippen LogP contribution is 2.40. The van der Waals surface area contributed by atoms with Gasteiger partial charge in [-0.05, 0) is 31.6 Å². The average molecular weight is 250 g/mol. The molecule has 1 heterocycles. The summed E-state index contributed by atoms with van der Waals surface area (Å²) in [6, 6.07) is 0. The standard InChI is InChI=1S/C13H18N2O3/c1-9-3-5-13(18-2,6-4-9)12-14-7-10(8-15-12)11(16)17/h7-9H,3-6H2,1-2H3,(H,16,17). The molecule has 0 amide bonds.